The highest BCUT2D eigenvalue weighted by atomic mass is 19.1. The Morgan fingerprint density at radius 1 is 1.08 bits per heavy atom. The summed E-state index contributed by atoms with van der Waals surface area (Å²) in [6.45, 7) is 7.48. The molecule has 0 bridgehead atoms. The molecule has 1 aromatic carbocycles. The summed E-state index contributed by atoms with van der Waals surface area (Å²) in [5.41, 5.74) is 4.01. The largest absolute Gasteiger partial charge is 0.370 e. The second kappa shape index (κ2) is 9.50. The Bertz CT molecular complexity index is 1520. The molecule has 0 amide bonds. The van der Waals surface area contributed by atoms with Crippen LogP contribution in [-0.4, -0.2) is 25.5 Å². The molecule has 1 fully saturated rings. The van der Waals surface area contributed by atoms with Crippen LogP contribution in [0, 0.1) is 32.4 Å². The van der Waals surface area contributed by atoms with Gasteiger partial charge in [0.05, 0.1) is 17.9 Å². The number of hydrogen-bond donors (Lipinski definition) is 0. The number of fused-ring (bicyclic) bond motifs is 1. The molecule has 0 spiro atoms. The number of aryl methyl sites for hydroxylation is 2. The van der Waals surface area contributed by atoms with Crippen molar-refractivity contribution in [3.8, 4) is 11.3 Å². The van der Waals surface area contributed by atoms with Crippen molar-refractivity contribution in [2.45, 2.75) is 65.1 Å². The van der Waals surface area contributed by atoms with Gasteiger partial charge in [-0.15, -0.1) is 0 Å². The van der Waals surface area contributed by atoms with Crippen LogP contribution in [0.25, 0.3) is 16.9 Å². The van der Waals surface area contributed by atoms with Crippen LogP contribution < -0.4 is 5.56 Å². The topological polar surface area (TPSA) is 69.4 Å². The molecule has 8 heteroatoms. The molecule has 4 heterocycles. The molecule has 1 aliphatic heterocycles. The molecule has 36 heavy (non-hydrogen) atoms. The second-order valence-corrected chi connectivity index (χ2v) is 9.51. The summed E-state index contributed by atoms with van der Waals surface area (Å²) in [5.74, 6) is -1.47. The van der Waals surface area contributed by atoms with Crippen LogP contribution >= 0.6 is 0 Å². The van der Waals surface area contributed by atoms with Crippen LogP contribution in [-0.2, 0) is 4.74 Å². The van der Waals surface area contributed by atoms with Gasteiger partial charge in [-0.25, -0.2) is 18.7 Å². The van der Waals surface area contributed by atoms with Gasteiger partial charge in [-0.1, -0.05) is 6.92 Å². The van der Waals surface area contributed by atoms with Crippen molar-refractivity contribution in [2.24, 2.45) is 0 Å². The minimum Gasteiger partial charge on any atom is -0.370 e. The molecule has 6 nitrogen and oxygen atoms in total. The zero-order valence-electron chi connectivity index (χ0n) is 20.8. The number of benzene rings is 1. The zero-order chi connectivity index (χ0) is 25.6. The van der Waals surface area contributed by atoms with Gasteiger partial charge in [0.2, 0.25) is 0 Å². The zero-order valence-corrected chi connectivity index (χ0v) is 20.8. The molecule has 186 valence electrons. The first-order chi connectivity index (χ1) is 17.2. The number of aromatic nitrogens is 4. The third-order valence-corrected chi connectivity index (χ3v) is 7.05. The van der Waals surface area contributed by atoms with Crippen LogP contribution in [0.15, 0.2) is 47.5 Å². The number of pyridine rings is 1. The Morgan fingerprint density at radius 3 is 2.61 bits per heavy atom. The molecule has 0 radical (unpaired) electrons. The van der Waals surface area contributed by atoms with Crippen LogP contribution in [0.2, 0.25) is 0 Å². The molecular weight excluding hydrogens is 462 g/mol. The van der Waals surface area contributed by atoms with E-state index in [9.17, 15) is 13.6 Å². The van der Waals surface area contributed by atoms with E-state index in [1.807, 2.05) is 19.1 Å². The fourth-order valence-corrected chi connectivity index (χ4v) is 4.92. The van der Waals surface area contributed by atoms with E-state index in [4.69, 9.17) is 9.72 Å². The highest BCUT2D eigenvalue weighted by Gasteiger charge is 2.32. The smallest absolute Gasteiger partial charge is 0.261 e. The summed E-state index contributed by atoms with van der Waals surface area (Å²) in [5, 5.41) is 0. The van der Waals surface area contributed by atoms with E-state index in [1.165, 1.54) is 16.5 Å². The Labute approximate surface area is 208 Å². The van der Waals surface area contributed by atoms with Crippen molar-refractivity contribution >= 4 is 5.65 Å². The van der Waals surface area contributed by atoms with Gasteiger partial charge in [0.25, 0.3) is 5.56 Å². The van der Waals surface area contributed by atoms with E-state index in [2.05, 4.69) is 16.9 Å². The lowest BCUT2D eigenvalue weighted by Crippen LogP contribution is -2.28. The molecule has 3 aromatic heterocycles. The van der Waals surface area contributed by atoms with Crippen LogP contribution in [0.5, 0.6) is 0 Å². The molecule has 1 saturated heterocycles. The van der Waals surface area contributed by atoms with Gasteiger partial charge in [0.15, 0.2) is 5.65 Å². The molecule has 0 N–H and O–H groups in total. The van der Waals surface area contributed by atoms with Gasteiger partial charge >= 0.3 is 0 Å². The fourth-order valence-electron chi connectivity index (χ4n) is 4.92. The third-order valence-electron chi connectivity index (χ3n) is 7.05. The van der Waals surface area contributed by atoms with E-state index < -0.39 is 11.6 Å². The van der Waals surface area contributed by atoms with Crippen molar-refractivity contribution in [3.63, 3.8) is 0 Å². The average molecular weight is 491 g/mol. The summed E-state index contributed by atoms with van der Waals surface area (Å²) in [6.07, 6.45) is 5.53. The number of nitrogens with zero attached hydrogens (tertiary/aromatic N) is 4. The van der Waals surface area contributed by atoms with Gasteiger partial charge in [-0.2, -0.15) is 0 Å². The number of hydrogen-bond acceptors (Lipinski definition) is 5. The maximum atomic E-state index is 14.9. The minimum absolute atomic E-state index is 0.000302. The Morgan fingerprint density at radius 2 is 1.89 bits per heavy atom. The lowest BCUT2D eigenvalue weighted by molar-refractivity contribution is -0.0615. The van der Waals surface area contributed by atoms with Crippen LogP contribution in [0.4, 0.5) is 8.78 Å². The predicted molar refractivity (Wildman–Crippen MR) is 133 cm³/mol. The van der Waals surface area contributed by atoms with E-state index in [1.54, 1.807) is 26.2 Å². The standard InChI is InChI=1S/C28H28F2N4O2/c1-5-21-11-19(12-25(36-21)18-8-9-31-15(2)10-18)24-14-34-27(32-17(4)16(3)28(34)35)26(33-24)22-7-6-20(29)13-23(22)30/h6-10,13-14,19,21,25H,5,11-12H2,1-4H3. The molecule has 1 aliphatic rings. The van der Waals surface area contributed by atoms with E-state index in [0.717, 1.165) is 23.7 Å². The van der Waals surface area contributed by atoms with Crippen molar-refractivity contribution in [1.82, 2.24) is 19.4 Å². The first kappa shape index (κ1) is 24.2. The Balaban J connectivity index is 1.69. The van der Waals surface area contributed by atoms with Crippen LogP contribution in [0.1, 0.15) is 66.4 Å². The average Bonchev–Trinajstić information content (AvgIpc) is 2.87. The van der Waals surface area contributed by atoms with Gasteiger partial charge in [-0.05, 0) is 69.9 Å². The van der Waals surface area contributed by atoms with Crippen molar-refractivity contribution < 1.29 is 13.5 Å². The Kier molecular flexibility index (Phi) is 6.38. The van der Waals surface area contributed by atoms with Gasteiger partial charge in [0.1, 0.15) is 17.3 Å². The molecule has 5 rings (SSSR count). The molecule has 3 atom stereocenters. The maximum absolute atomic E-state index is 14.9. The van der Waals surface area contributed by atoms with Gasteiger partial charge in [0, 0.05) is 46.9 Å². The summed E-state index contributed by atoms with van der Waals surface area (Å²) in [4.78, 5) is 27.0. The molecular formula is C28H28F2N4O2. The lowest BCUT2D eigenvalue weighted by Gasteiger charge is -2.35. The first-order valence-electron chi connectivity index (χ1n) is 12.2. The summed E-state index contributed by atoms with van der Waals surface area (Å²) in [7, 11) is 0. The van der Waals surface area contributed by atoms with Crippen molar-refractivity contribution in [2.75, 3.05) is 0 Å². The summed E-state index contributed by atoms with van der Waals surface area (Å²) < 4.78 is 36.5. The van der Waals surface area contributed by atoms with Crippen molar-refractivity contribution in [3.05, 3.63) is 92.9 Å². The Hall–Kier alpha value is -3.52. The number of halogens is 2. The maximum Gasteiger partial charge on any atom is 0.261 e. The van der Waals surface area contributed by atoms with Gasteiger partial charge in [-0.3, -0.25) is 14.2 Å². The van der Waals surface area contributed by atoms with E-state index in [-0.39, 0.29) is 40.6 Å². The molecule has 0 saturated carbocycles. The van der Waals surface area contributed by atoms with Crippen LogP contribution in [0.3, 0.4) is 0 Å². The monoisotopic (exact) mass is 490 g/mol. The normalized spacial score (nSPS) is 20.1. The summed E-state index contributed by atoms with van der Waals surface area (Å²) >= 11 is 0. The molecule has 0 aliphatic carbocycles. The predicted octanol–water partition coefficient (Wildman–Crippen LogP) is 5.77. The van der Waals surface area contributed by atoms with Crippen molar-refractivity contribution in [1.29, 1.82) is 0 Å². The lowest BCUT2D eigenvalue weighted by atomic mass is 9.86. The van der Waals surface area contributed by atoms with E-state index in [0.29, 0.717) is 29.8 Å². The molecule has 3 unspecified atom stereocenters. The third kappa shape index (κ3) is 4.41. The number of rotatable bonds is 4. The highest BCUT2D eigenvalue weighted by molar-refractivity contribution is 5.74. The van der Waals surface area contributed by atoms with Gasteiger partial charge < -0.3 is 4.74 Å². The quantitative estimate of drug-likeness (QED) is 0.363. The SMILES string of the molecule is CCC1CC(c2cn3c(=O)c(C)c(C)nc3c(-c3ccc(F)cc3F)n2)CC(c2ccnc(C)c2)O1. The highest BCUT2D eigenvalue weighted by Crippen LogP contribution is 2.41. The molecule has 4 aromatic rings. The fraction of sp³-hybridized carbons (Fsp3) is 0.357. The number of ether oxygens (including phenoxy) is 1. The minimum atomic E-state index is -0.752. The van der Waals surface area contributed by atoms with E-state index >= 15 is 0 Å². The second-order valence-electron chi connectivity index (χ2n) is 9.51. The first-order valence-corrected chi connectivity index (χ1v) is 12.2. The summed E-state index contributed by atoms with van der Waals surface area (Å²) in [6, 6.07) is 7.34.